The number of para-hydroxylation sites is 1. The highest BCUT2D eigenvalue weighted by atomic mass is 16.3. The lowest BCUT2D eigenvalue weighted by atomic mass is 10.1. The van der Waals surface area contributed by atoms with Gasteiger partial charge in [-0.3, -0.25) is 4.79 Å². The second-order valence-corrected chi connectivity index (χ2v) is 3.46. The van der Waals surface area contributed by atoms with E-state index < -0.39 is 5.75 Å². The first-order valence-electron chi connectivity index (χ1n) is 5.13. The van der Waals surface area contributed by atoms with Crippen LogP contribution in [0, 0.1) is 0 Å². The number of nitrogens with zero attached hydrogens (tertiary/aromatic N) is 1. The molecule has 0 aliphatic rings. The zero-order valence-corrected chi connectivity index (χ0v) is 9.47. The fourth-order valence-corrected chi connectivity index (χ4v) is 1.43. The lowest BCUT2D eigenvalue weighted by Gasteiger charge is -2.19. The van der Waals surface area contributed by atoms with Crippen molar-refractivity contribution in [1.82, 2.24) is 4.90 Å². The number of rotatable bonds is 5. The van der Waals surface area contributed by atoms with E-state index in [-0.39, 0.29) is 17.2 Å². The zero-order valence-electron chi connectivity index (χ0n) is 9.47. The minimum Gasteiger partial charge on any atom is -0.504 e. The van der Waals surface area contributed by atoms with Crippen LogP contribution in [-0.2, 0) is 0 Å². The van der Waals surface area contributed by atoms with Crippen LogP contribution in [-0.4, -0.2) is 34.1 Å². The van der Waals surface area contributed by atoms with Crippen LogP contribution in [0.4, 0.5) is 0 Å². The third-order valence-corrected chi connectivity index (χ3v) is 2.23. The summed E-state index contributed by atoms with van der Waals surface area (Å²) in [5.41, 5.74) is 0.0636. The van der Waals surface area contributed by atoms with Crippen molar-refractivity contribution >= 4 is 5.91 Å². The molecule has 4 nitrogen and oxygen atoms in total. The number of carbonyl (C=O) groups excluding carboxylic acids is 1. The lowest BCUT2D eigenvalue weighted by molar-refractivity contribution is 0.0787. The molecular weight excluding hydrogens is 218 g/mol. The number of phenols is 2. The molecule has 1 aromatic rings. The summed E-state index contributed by atoms with van der Waals surface area (Å²) in [6.07, 6.45) is 3.17. The largest absolute Gasteiger partial charge is 0.504 e. The zero-order chi connectivity index (χ0) is 12.8. The van der Waals surface area contributed by atoms with E-state index in [0.717, 1.165) is 0 Å². The van der Waals surface area contributed by atoms with E-state index in [4.69, 9.17) is 0 Å². The maximum Gasteiger partial charge on any atom is 0.258 e. The number of hydrogen-bond acceptors (Lipinski definition) is 3. The summed E-state index contributed by atoms with van der Waals surface area (Å²) in [6, 6.07) is 4.27. The maximum atomic E-state index is 12.1. The Morgan fingerprint density at radius 2 is 1.82 bits per heavy atom. The fourth-order valence-electron chi connectivity index (χ4n) is 1.43. The highest BCUT2D eigenvalue weighted by molar-refractivity contribution is 5.97. The predicted molar refractivity (Wildman–Crippen MR) is 66.1 cm³/mol. The summed E-state index contributed by atoms with van der Waals surface area (Å²) in [5.74, 6) is -1.10. The van der Waals surface area contributed by atoms with Gasteiger partial charge in [0.2, 0.25) is 0 Å². The molecule has 1 aromatic carbocycles. The quantitative estimate of drug-likeness (QED) is 0.603. The Kier molecular flexibility index (Phi) is 4.34. The van der Waals surface area contributed by atoms with E-state index in [9.17, 15) is 15.0 Å². The van der Waals surface area contributed by atoms with Crippen molar-refractivity contribution < 1.29 is 15.0 Å². The normalized spacial score (nSPS) is 9.65. The van der Waals surface area contributed by atoms with E-state index in [1.165, 1.54) is 23.1 Å². The van der Waals surface area contributed by atoms with Gasteiger partial charge in [-0.05, 0) is 12.1 Å². The van der Waals surface area contributed by atoms with E-state index in [1.807, 2.05) is 0 Å². The van der Waals surface area contributed by atoms with Gasteiger partial charge >= 0.3 is 0 Å². The molecule has 0 heterocycles. The van der Waals surface area contributed by atoms with Gasteiger partial charge in [-0.25, -0.2) is 0 Å². The van der Waals surface area contributed by atoms with Gasteiger partial charge in [0.05, 0.1) is 5.56 Å². The SMILES string of the molecule is C=CCN(CC=C)C(=O)c1cccc(O)c1O. The second-order valence-electron chi connectivity index (χ2n) is 3.46. The smallest absolute Gasteiger partial charge is 0.258 e. The van der Waals surface area contributed by atoms with Gasteiger partial charge in [-0.1, -0.05) is 18.2 Å². The summed E-state index contributed by atoms with van der Waals surface area (Å²) in [7, 11) is 0. The van der Waals surface area contributed by atoms with Crippen LogP contribution in [0.3, 0.4) is 0 Å². The van der Waals surface area contributed by atoms with Crippen molar-refractivity contribution in [1.29, 1.82) is 0 Å². The molecule has 4 heteroatoms. The van der Waals surface area contributed by atoms with Gasteiger partial charge in [0, 0.05) is 13.1 Å². The van der Waals surface area contributed by atoms with Crippen LogP contribution in [0.25, 0.3) is 0 Å². The third kappa shape index (κ3) is 2.87. The average Bonchev–Trinajstić information content (AvgIpc) is 2.31. The van der Waals surface area contributed by atoms with Gasteiger partial charge in [-0.2, -0.15) is 0 Å². The first-order chi connectivity index (χ1) is 8.11. The Bertz CT molecular complexity index is 430. The number of phenolic OH excluding ortho intramolecular Hbond substituents is 2. The summed E-state index contributed by atoms with van der Waals surface area (Å²) >= 11 is 0. The monoisotopic (exact) mass is 233 g/mol. The Morgan fingerprint density at radius 1 is 1.24 bits per heavy atom. The van der Waals surface area contributed by atoms with Crippen molar-refractivity contribution in [2.45, 2.75) is 0 Å². The van der Waals surface area contributed by atoms with Crippen molar-refractivity contribution in [3.8, 4) is 11.5 Å². The van der Waals surface area contributed by atoms with Gasteiger partial charge in [0.15, 0.2) is 11.5 Å². The molecule has 1 rings (SSSR count). The first-order valence-corrected chi connectivity index (χ1v) is 5.13. The van der Waals surface area contributed by atoms with Crippen LogP contribution in [0.5, 0.6) is 11.5 Å². The molecule has 90 valence electrons. The van der Waals surface area contributed by atoms with Crippen molar-refractivity contribution in [3.63, 3.8) is 0 Å². The first kappa shape index (κ1) is 12.8. The lowest BCUT2D eigenvalue weighted by Crippen LogP contribution is -2.31. The number of benzene rings is 1. The fraction of sp³-hybridized carbons (Fsp3) is 0.154. The van der Waals surface area contributed by atoms with Gasteiger partial charge in [-0.15, -0.1) is 13.2 Å². The van der Waals surface area contributed by atoms with Gasteiger partial charge in [0.25, 0.3) is 5.91 Å². The van der Waals surface area contributed by atoms with Crippen LogP contribution < -0.4 is 0 Å². The number of hydrogen-bond donors (Lipinski definition) is 2. The second kappa shape index (κ2) is 5.75. The molecule has 0 saturated heterocycles. The van der Waals surface area contributed by atoms with E-state index in [1.54, 1.807) is 12.2 Å². The Balaban J connectivity index is 3.04. The minimum atomic E-state index is -0.407. The molecule has 0 unspecified atom stereocenters. The van der Waals surface area contributed by atoms with Crippen molar-refractivity contribution in [2.75, 3.05) is 13.1 Å². The van der Waals surface area contributed by atoms with E-state index in [0.29, 0.717) is 13.1 Å². The molecule has 0 fully saturated rings. The molecule has 0 aliphatic heterocycles. The standard InChI is InChI=1S/C13H15NO3/c1-3-8-14(9-4-2)13(17)10-6-5-7-11(15)12(10)16/h3-7,15-16H,1-2,8-9H2. The molecule has 0 bridgehead atoms. The van der Waals surface area contributed by atoms with Crippen LogP contribution in [0.2, 0.25) is 0 Å². The van der Waals surface area contributed by atoms with Crippen molar-refractivity contribution in [2.24, 2.45) is 0 Å². The Hall–Kier alpha value is -2.23. The number of amides is 1. The molecule has 0 saturated carbocycles. The molecule has 0 aliphatic carbocycles. The summed E-state index contributed by atoms with van der Waals surface area (Å²) in [6.45, 7) is 7.81. The molecule has 17 heavy (non-hydrogen) atoms. The third-order valence-electron chi connectivity index (χ3n) is 2.23. The number of carbonyl (C=O) groups is 1. The van der Waals surface area contributed by atoms with Crippen molar-refractivity contribution in [3.05, 3.63) is 49.1 Å². The van der Waals surface area contributed by atoms with E-state index >= 15 is 0 Å². The molecule has 1 amide bonds. The molecule has 0 atom stereocenters. The summed E-state index contributed by atoms with van der Waals surface area (Å²) < 4.78 is 0. The molecule has 0 aromatic heterocycles. The predicted octanol–water partition coefficient (Wildman–Crippen LogP) is 1.91. The highest BCUT2D eigenvalue weighted by Gasteiger charge is 2.18. The number of aromatic hydroxyl groups is 2. The average molecular weight is 233 g/mol. The van der Waals surface area contributed by atoms with Crippen LogP contribution in [0.1, 0.15) is 10.4 Å². The van der Waals surface area contributed by atoms with Gasteiger partial charge < -0.3 is 15.1 Å². The summed E-state index contributed by atoms with van der Waals surface area (Å²) in [5, 5.41) is 18.9. The van der Waals surface area contributed by atoms with Gasteiger partial charge in [0.1, 0.15) is 0 Å². The molecule has 2 N–H and O–H groups in total. The van der Waals surface area contributed by atoms with Crippen LogP contribution in [0.15, 0.2) is 43.5 Å². The Labute approximate surface area is 100 Å². The van der Waals surface area contributed by atoms with Crippen LogP contribution >= 0.6 is 0 Å². The maximum absolute atomic E-state index is 12.1. The van der Waals surface area contributed by atoms with E-state index in [2.05, 4.69) is 13.2 Å². The molecule has 0 radical (unpaired) electrons. The minimum absolute atomic E-state index is 0.0636. The Morgan fingerprint density at radius 3 is 2.35 bits per heavy atom. The molecule has 0 spiro atoms. The molecular formula is C13H15NO3. The highest BCUT2D eigenvalue weighted by Crippen LogP contribution is 2.29. The topological polar surface area (TPSA) is 60.8 Å². The summed E-state index contributed by atoms with van der Waals surface area (Å²) in [4.78, 5) is 13.5.